The Morgan fingerprint density at radius 3 is 2.50 bits per heavy atom. The molecule has 0 aliphatic rings. The van der Waals surface area contributed by atoms with Crippen molar-refractivity contribution in [3.63, 3.8) is 0 Å². The van der Waals surface area contributed by atoms with E-state index in [0.29, 0.717) is 5.69 Å². The first kappa shape index (κ1) is 10.2. The topological polar surface area (TPSA) is 70.0 Å². The maximum Gasteiger partial charge on any atom is 0.337 e. The van der Waals surface area contributed by atoms with Crippen LogP contribution in [0.25, 0.3) is 0 Å². The number of carbonyl (C=O) groups is 1. The van der Waals surface area contributed by atoms with Gasteiger partial charge in [0.2, 0.25) is 0 Å². The van der Waals surface area contributed by atoms with Crippen molar-refractivity contribution in [1.29, 1.82) is 0 Å². The van der Waals surface area contributed by atoms with Crippen molar-refractivity contribution in [3.8, 4) is 0 Å². The monoisotopic (exact) mass is 194 g/mol. The molecule has 0 aromatic heterocycles. The Hall–Kier alpha value is -1.91. The van der Waals surface area contributed by atoms with Crippen LogP contribution in [0.2, 0.25) is 0 Å². The SMILES string of the molecule is CN(C)c1ccc(N=O)cc1C(=O)O. The van der Waals surface area contributed by atoms with Crippen LogP contribution in [0.4, 0.5) is 11.4 Å². The summed E-state index contributed by atoms with van der Waals surface area (Å²) >= 11 is 0. The minimum atomic E-state index is -1.07. The molecule has 0 atom stereocenters. The summed E-state index contributed by atoms with van der Waals surface area (Å²) in [4.78, 5) is 22.7. The molecule has 0 saturated carbocycles. The lowest BCUT2D eigenvalue weighted by molar-refractivity contribution is 0.0697. The highest BCUT2D eigenvalue weighted by Crippen LogP contribution is 2.24. The van der Waals surface area contributed by atoms with Crippen molar-refractivity contribution < 1.29 is 9.90 Å². The van der Waals surface area contributed by atoms with Gasteiger partial charge < -0.3 is 10.0 Å². The minimum absolute atomic E-state index is 0.0760. The van der Waals surface area contributed by atoms with E-state index in [9.17, 15) is 9.70 Å². The van der Waals surface area contributed by atoms with E-state index in [4.69, 9.17) is 5.11 Å². The van der Waals surface area contributed by atoms with Gasteiger partial charge in [0.15, 0.2) is 0 Å². The van der Waals surface area contributed by atoms with Gasteiger partial charge in [-0.2, -0.15) is 0 Å². The molecule has 1 aromatic carbocycles. The molecule has 0 saturated heterocycles. The third-order valence-corrected chi connectivity index (χ3v) is 1.80. The molecule has 0 amide bonds. The quantitative estimate of drug-likeness (QED) is 0.745. The van der Waals surface area contributed by atoms with Crippen LogP contribution in [0.15, 0.2) is 23.4 Å². The van der Waals surface area contributed by atoms with Gasteiger partial charge >= 0.3 is 5.97 Å². The Morgan fingerprint density at radius 1 is 1.43 bits per heavy atom. The fourth-order valence-corrected chi connectivity index (χ4v) is 1.14. The largest absolute Gasteiger partial charge is 0.478 e. The molecule has 74 valence electrons. The van der Waals surface area contributed by atoms with Crippen LogP contribution >= 0.6 is 0 Å². The summed E-state index contributed by atoms with van der Waals surface area (Å²) in [6.45, 7) is 0. The van der Waals surface area contributed by atoms with E-state index in [2.05, 4.69) is 5.18 Å². The highest BCUT2D eigenvalue weighted by molar-refractivity contribution is 5.95. The second-order valence-electron chi connectivity index (χ2n) is 2.99. The molecule has 0 radical (unpaired) electrons. The first-order valence-corrected chi connectivity index (χ1v) is 3.94. The fourth-order valence-electron chi connectivity index (χ4n) is 1.14. The molecular formula is C9H10N2O3. The zero-order valence-electron chi connectivity index (χ0n) is 7.89. The van der Waals surface area contributed by atoms with Gasteiger partial charge in [0.1, 0.15) is 5.69 Å². The van der Waals surface area contributed by atoms with Crippen molar-refractivity contribution in [3.05, 3.63) is 28.7 Å². The van der Waals surface area contributed by atoms with Crippen LogP contribution in [-0.2, 0) is 0 Å². The maximum absolute atomic E-state index is 10.8. The van der Waals surface area contributed by atoms with Crippen LogP contribution in [-0.4, -0.2) is 25.2 Å². The lowest BCUT2D eigenvalue weighted by Gasteiger charge is -2.14. The third-order valence-electron chi connectivity index (χ3n) is 1.80. The number of nitrogens with zero attached hydrogens (tertiary/aromatic N) is 2. The van der Waals surface area contributed by atoms with Gasteiger partial charge in [-0.15, -0.1) is 4.91 Å². The van der Waals surface area contributed by atoms with E-state index < -0.39 is 5.97 Å². The molecule has 1 N–H and O–H groups in total. The fraction of sp³-hybridized carbons (Fsp3) is 0.222. The predicted molar refractivity (Wildman–Crippen MR) is 53.2 cm³/mol. The Balaban J connectivity index is 3.31. The van der Waals surface area contributed by atoms with Crippen LogP contribution in [0.5, 0.6) is 0 Å². The number of anilines is 1. The molecule has 0 fully saturated rings. The van der Waals surface area contributed by atoms with Crippen molar-refractivity contribution in [1.82, 2.24) is 0 Å². The van der Waals surface area contributed by atoms with E-state index in [1.54, 1.807) is 25.1 Å². The summed E-state index contributed by atoms with van der Waals surface area (Å²) in [6, 6.07) is 4.29. The maximum atomic E-state index is 10.8. The highest BCUT2D eigenvalue weighted by Gasteiger charge is 2.12. The van der Waals surface area contributed by atoms with Gasteiger partial charge in [-0.1, -0.05) is 0 Å². The molecule has 0 aliphatic heterocycles. The van der Waals surface area contributed by atoms with Crippen molar-refractivity contribution >= 4 is 17.3 Å². The third kappa shape index (κ3) is 1.87. The molecule has 1 aromatic rings. The standard InChI is InChI=1S/C9H10N2O3/c1-11(2)8-4-3-6(10-14)5-7(8)9(12)13/h3-5H,1-2H3,(H,12,13). The number of aromatic carboxylic acids is 1. The van der Waals surface area contributed by atoms with Crippen LogP contribution in [0.3, 0.4) is 0 Å². The second-order valence-corrected chi connectivity index (χ2v) is 2.99. The smallest absolute Gasteiger partial charge is 0.337 e. The Kier molecular flexibility index (Phi) is 2.81. The molecule has 1 rings (SSSR count). The number of rotatable bonds is 3. The van der Waals surface area contributed by atoms with Gasteiger partial charge in [-0.3, -0.25) is 0 Å². The molecule has 0 heterocycles. The number of hydrogen-bond donors (Lipinski definition) is 1. The summed E-state index contributed by atoms with van der Waals surface area (Å²) in [5, 5.41) is 11.5. The van der Waals surface area contributed by atoms with Crippen LogP contribution < -0.4 is 4.90 Å². The lowest BCUT2D eigenvalue weighted by atomic mass is 10.1. The molecule has 0 unspecified atom stereocenters. The first-order chi connectivity index (χ1) is 6.56. The van der Waals surface area contributed by atoms with E-state index in [1.165, 1.54) is 12.1 Å². The van der Waals surface area contributed by atoms with E-state index in [-0.39, 0.29) is 11.3 Å². The van der Waals surface area contributed by atoms with Crippen LogP contribution in [0.1, 0.15) is 10.4 Å². The van der Waals surface area contributed by atoms with Gasteiger partial charge in [-0.25, -0.2) is 4.79 Å². The molecule has 0 bridgehead atoms. The van der Waals surface area contributed by atoms with Crippen LogP contribution in [0, 0.1) is 4.91 Å². The zero-order chi connectivity index (χ0) is 10.7. The summed E-state index contributed by atoms with van der Waals surface area (Å²) in [6.07, 6.45) is 0. The highest BCUT2D eigenvalue weighted by atomic mass is 16.4. The molecule has 0 spiro atoms. The van der Waals surface area contributed by atoms with Gasteiger partial charge in [0.05, 0.1) is 11.3 Å². The van der Waals surface area contributed by atoms with Crippen molar-refractivity contribution in [2.45, 2.75) is 0 Å². The van der Waals surface area contributed by atoms with E-state index >= 15 is 0 Å². The lowest BCUT2D eigenvalue weighted by Crippen LogP contribution is -2.13. The average molecular weight is 194 g/mol. The Morgan fingerprint density at radius 2 is 2.07 bits per heavy atom. The molecule has 5 nitrogen and oxygen atoms in total. The second kappa shape index (κ2) is 3.87. The summed E-state index contributed by atoms with van der Waals surface area (Å²) in [5.74, 6) is -1.07. The number of nitroso groups, excluding NO2 is 1. The average Bonchev–Trinajstić information content (AvgIpc) is 2.16. The van der Waals surface area contributed by atoms with E-state index in [0.717, 1.165) is 0 Å². The number of carboxylic acid groups (broad SMARTS) is 1. The van der Waals surface area contributed by atoms with Gasteiger partial charge in [0, 0.05) is 14.1 Å². The van der Waals surface area contributed by atoms with Gasteiger partial charge in [0.25, 0.3) is 0 Å². The van der Waals surface area contributed by atoms with Crippen molar-refractivity contribution in [2.75, 3.05) is 19.0 Å². The number of benzene rings is 1. The molecular weight excluding hydrogens is 184 g/mol. The summed E-state index contributed by atoms with van der Waals surface area (Å²) in [7, 11) is 3.46. The normalized spacial score (nSPS) is 9.57. The predicted octanol–water partition coefficient (Wildman–Crippen LogP) is 1.85. The number of carboxylic acids is 1. The van der Waals surface area contributed by atoms with Crippen molar-refractivity contribution in [2.24, 2.45) is 5.18 Å². The van der Waals surface area contributed by atoms with Gasteiger partial charge in [-0.05, 0) is 23.4 Å². The Labute approximate surface area is 80.9 Å². The molecule has 14 heavy (non-hydrogen) atoms. The molecule has 5 heteroatoms. The summed E-state index contributed by atoms with van der Waals surface area (Å²) in [5.41, 5.74) is 0.741. The minimum Gasteiger partial charge on any atom is -0.478 e. The number of hydrogen-bond acceptors (Lipinski definition) is 4. The summed E-state index contributed by atoms with van der Waals surface area (Å²) < 4.78 is 0. The van der Waals surface area contributed by atoms with E-state index in [1.807, 2.05) is 0 Å². The first-order valence-electron chi connectivity index (χ1n) is 3.94. The Bertz CT molecular complexity index is 374. The zero-order valence-corrected chi connectivity index (χ0v) is 7.89. The molecule has 0 aliphatic carbocycles.